The van der Waals surface area contributed by atoms with Gasteiger partial charge < -0.3 is 10.2 Å². The highest BCUT2D eigenvalue weighted by atomic mass is 19.4. The number of aromatic nitrogens is 2. The van der Waals surface area contributed by atoms with Gasteiger partial charge in [-0.1, -0.05) is 18.2 Å². The lowest BCUT2D eigenvalue weighted by Gasteiger charge is -2.37. The number of hydrogen-bond acceptors (Lipinski definition) is 4. The molecule has 5 nitrogen and oxygen atoms in total. The van der Waals surface area contributed by atoms with E-state index in [-0.39, 0.29) is 18.0 Å². The predicted octanol–water partition coefficient (Wildman–Crippen LogP) is 4.83. The van der Waals surface area contributed by atoms with E-state index in [1.165, 1.54) is 6.20 Å². The molecule has 31 heavy (non-hydrogen) atoms. The van der Waals surface area contributed by atoms with E-state index in [1.807, 2.05) is 11.9 Å². The van der Waals surface area contributed by atoms with Crippen LogP contribution in [-0.2, 0) is 6.18 Å². The molecule has 3 aromatic rings. The summed E-state index contributed by atoms with van der Waals surface area (Å²) < 4.78 is 40.2. The number of rotatable bonds is 4. The maximum atomic E-state index is 13.4. The first-order valence-corrected chi connectivity index (χ1v) is 10.2. The lowest BCUT2D eigenvalue weighted by Crippen LogP contribution is -2.43. The zero-order chi connectivity index (χ0) is 22.0. The van der Waals surface area contributed by atoms with Crippen molar-refractivity contribution < 1.29 is 18.0 Å². The number of pyridine rings is 2. The van der Waals surface area contributed by atoms with Crippen LogP contribution in [0.15, 0.2) is 54.9 Å². The van der Waals surface area contributed by atoms with Crippen LogP contribution in [0, 0.1) is 0 Å². The number of anilines is 1. The number of carbonyl (C=O) groups excluding carboxylic acids is 1. The van der Waals surface area contributed by atoms with Gasteiger partial charge in [0.2, 0.25) is 0 Å². The number of nitrogens with one attached hydrogen (secondary N) is 1. The number of hydrogen-bond donors (Lipinski definition) is 1. The molecular formula is C23H23F3N4O. The summed E-state index contributed by atoms with van der Waals surface area (Å²) in [5, 5.41) is 3.74. The second-order valence-electron chi connectivity index (χ2n) is 7.87. The van der Waals surface area contributed by atoms with Gasteiger partial charge in [-0.05, 0) is 49.9 Å². The first-order valence-electron chi connectivity index (χ1n) is 10.2. The van der Waals surface area contributed by atoms with Crippen LogP contribution >= 0.6 is 0 Å². The lowest BCUT2D eigenvalue weighted by molar-refractivity contribution is -0.140. The van der Waals surface area contributed by atoms with E-state index in [0.717, 1.165) is 31.7 Å². The van der Waals surface area contributed by atoms with Crippen LogP contribution in [0.25, 0.3) is 10.9 Å². The van der Waals surface area contributed by atoms with Crippen molar-refractivity contribution in [3.05, 3.63) is 66.1 Å². The molecule has 1 aliphatic rings. The van der Waals surface area contributed by atoms with E-state index in [1.54, 1.807) is 42.6 Å². The van der Waals surface area contributed by atoms with Crippen molar-refractivity contribution in [1.29, 1.82) is 0 Å². The van der Waals surface area contributed by atoms with Gasteiger partial charge >= 0.3 is 6.18 Å². The molecule has 0 spiro atoms. The molecule has 2 aromatic heterocycles. The molecule has 0 saturated heterocycles. The third-order valence-electron chi connectivity index (χ3n) is 5.87. The number of nitrogens with zero attached hydrogens (tertiary/aromatic N) is 3. The molecule has 1 aromatic carbocycles. The minimum Gasteiger partial charge on any atom is -0.371 e. The van der Waals surface area contributed by atoms with Crippen molar-refractivity contribution in [2.45, 2.75) is 43.9 Å². The first kappa shape index (κ1) is 21.1. The Labute approximate surface area is 178 Å². The Kier molecular flexibility index (Phi) is 5.80. The molecule has 0 unspecified atom stereocenters. The number of fused-ring (bicyclic) bond motifs is 1. The van der Waals surface area contributed by atoms with Crippen molar-refractivity contribution in [1.82, 2.24) is 15.3 Å². The fourth-order valence-electron chi connectivity index (χ4n) is 4.16. The van der Waals surface area contributed by atoms with E-state index >= 15 is 0 Å². The average molecular weight is 428 g/mol. The molecular weight excluding hydrogens is 405 g/mol. The molecule has 0 atom stereocenters. The van der Waals surface area contributed by atoms with Crippen molar-refractivity contribution in [3.63, 3.8) is 0 Å². The zero-order valence-electron chi connectivity index (χ0n) is 17.1. The second kappa shape index (κ2) is 8.53. The Morgan fingerprint density at radius 3 is 2.52 bits per heavy atom. The second-order valence-corrected chi connectivity index (χ2v) is 7.87. The van der Waals surface area contributed by atoms with Gasteiger partial charge in [0.1, 0.15) is 5.69 Å². The molecule has 1 N–H and O–H groups in total. The number of alkyl halides is 3. The topological polar surface area (TPSA) is 58.1 Å². The van der Waals surface area contributed by atoms with Gasteiger partial charge in [0.05, 0.1) is 11.1 Å². The molecule has 0 radical (unpaired) electrons. The van der Waals surface area contributed by atoms with Gasteiger partial charge in [-0.2, -0.15) is 13.2 Å². The van der Waals surface area contributed by atoms with Crippen LogP contribution < -0.4 is 10.2 Å². The standard InChI is InChI=1S/C23H23F3N4O/c1-30(20-13-21(23(24,25)26)29-19-7-3-2-6-18(19)20)17-10-8-16(9-11-17)28-22(31)15-5-4-12-27-14-15/h2-7,12-14,16-17H,8-11H2,1H3,(H,28,31). The normalized spacial score (nSPS) is 19.2. The fourth-order valence-corrected chi connectivity index (χ4v) is 4.16. The van der Waals surface area contributed by atoms with Gasteiger partial charge in [0.15, 0.2) is 0 Å². The zero-order valence-corrected chi connectivity index (χ0v) is 17.1. The van der Waals surface area contributed by atoms with Gasteiger partial charge in [-0.25, -0.2) is 4.98 Å². The Hall–Kier alpha value is -3.16. The molecule has 8 heteroatoms. The van der Waals surface area contributed by atoms with Crippen LogP contribution in [0.3, 0.4) is 0 Å². The third-order valence-corrected chi connectivity index (χ3v) is 5.87. The van der Waals surface area contributed by atoms with Crippen molar-refractivity contribution >= 4 is 22.5 Å². The molecule has 1 fully saturated rings. The lowest BCUT2D eigenvalue weighted by atomic mass is 9.89. The number of carbonyl (C=O) groups is 1. The van der Waals surface area contributed by atoms with Crippen LogP contribution in [-0.4, -0.2) is 35.0 Å². The van der Waals surface area contributed by atoms with Crippen LogP contribution in [0.2, 0.25) is 0 Å². The molecule has 162 valence electrons. The summed E-state index contributed by atoms with van der Waals surface area (Å²) in [7, 11) is 1.83. The highest BCUT2D eigenvalue weighted by Gasteiger charge is 2.34. The fraction of sp³-hybridized carbons (Fsp3) is 0.348. The quantitative estimate of drug-likeness (QED) is 0.647. The molecule has 0 bridgehead atoms. The summed E-state index contributed by atoms with van der Waals surface area (Å²) in [5.74, 6) is -0.153. The maximum absolute atomic E-state index is 13.4. The molecule has 1 saturated carbocycles. The van der Waals surface area contributed by atoms with E-state index in [2.05, 4.69) is 15.3 Å². The first-order chi connectivity index (χ1) is 14.8. The summed E-state index contributed by atoms with van der Waals surface area (Å²) in [6.07, 6.45) is 1.70. The monoisotopic (exact) mass is 428 g/mol. The van der Waals surface area contributed by atoms with E-state index < -0.39 is 11.9 Å². The number of halogens is 3. The van der Waals surface area contributed by atoms with Gasteiger partial charge in [0, 0.05) is 42.6 Å². The predicted molar refractivity (Wildman–Crippen MR) is 113 cm³/mol. The van der Waals surface area contributed by atoms with Crippen LogP contribution in [0.4, 0.5) is 18.9 Å². The van der Waals surface area contributed by atoms with Crippen molar-refractivity contribution in [3.8, 4) is 0 Å². The Bertz CT molecular complexity index is 1060. The van der Waals surface area contributed by atoms with E-state index in [9.17, 15) is 18.0 Å². The highest BCUT2D eigenvalue weighted by molar-refractivity contribution is 5.94. The number of para-hydroxylation sites is 1. The van der Waals surface area contributed by atoms with E-state index in [0.29, 0.717) is 22.2 Å². The Morgan fingerprint density at radius 1 is 1.10 bits per heavy atom. The molecule has 4 rings (SSSR count). The summed E-state index contributed by atoms with van der Waals surface area (Å²) in [6.45, 7) is 0. The van der Waals surface area contributed by atoms with Gasteiger partial charge in [0.25, 0.3) is 5.91 Å². The summed E-state index contributed by atoms with van der Waals surface area (Å²) in [5.41, 5.74) is 0.493. The number of benzene rings is 1. The minimum atomic E-state index is -4.51. The number of amides is 1. The molecule has 1 amide bonds. The van der Waals surface area contributed by atoms with Crippen molar-refractivity contribution in [2.24, 2.45) is 0 Å². The summed E-state index contributed by atoms with van der Waals surface area (Å²) >= 11 is 0. The minimum absolute atomic E-state index is 0.0391. The maximum Gasteiger partial charge on any atom is 0.433 e. The smallest absolute Gasteiger partial charge is 0.371 e. The SMILES string of the molecule is CN(c1cc(C(F)(F)F)nc2ccccc12)C1CCC(NC(=O)c2cccnc2)CC1. The molecule has 1 aliphatic carbocycles. The average Bonchev–Trinajstić information content (AvgIpc) is 2.78. The van der Waals surface area contributed by atoms with Crippen LogP contribution in [0.1, 0.15) is 41.7 Å². The van der Waals surface area contributed by atoms with Crippen LogP contribution in [0.5, 0.6) is 0 Å². The summed E-state index contributed by atoms with van der Waals surface area (Å²) in [6, 6.07) is 11.6. The molecule has 0 aliphatic heterocycles. The largest absolute Gasteiger partial charge is 0.433 e. The van der Waals surface area contributed by atoms with E-state index in [4.69, 9.17) is 0 Å². The van der Waals surface area contributed by atoms with Crippen molar-refractivity contribution in [2.75, 3.05) is 11.9 Å². The highest BCUT2D eigenvalue weighted by Crippen LogP contribution is 2.36. The van der Waals surface area contributed by atoms with Gasteiger partial charge in [-0.3, -0.25) is 9.78 Å². The molecule has 2 heterocycles. The Balaban J connectivity index is 1.48. The Morgan fingerprint density at radius 2 is 1.84 bits per heavy atom. The third kappa shape index (κ3) is 4.62. The van der Waals surface area contributed by atoms with Gasteiger partial charge in [-0.15, -0.1) is 0 Å². The summed E-state index contributed by atoms with van der Waals surface area (Å²) in [4.78, 5) is 22.0.